The van der Waals surface area contributed by atoms with Gasteiger partial charge in [-0.2, -0.15) is 0 Å². The molecule has 10 nitrogen and oxygen atoms in total. The largest absolute Gasteiger partial charge is 0.491 e. The molecule has 3 N–H and O–H groups in total. The molecule has 0 atom stereocenters. The first-order valence-electron chi connectivity index (χ1n) is 10.6. The van der Waals surface area contributed by atoms with E-state index >= 15 is 0 Å². The van der Waals surface area contributed by atoms with Crippen LogP contribution in [0.5, 0.6) is 5.75 Å². The second-order valence-electron chi connectivity index (χ2n) is 7.89. The summed E-state index contributed by atoms with van der Waals surface area (Å²) in [7, 11) is 3.28. The normalized spacial score (nSPS) is 11.3. The summed E-state index contributed by atoms with van der Waals surface area (Å²) in [6.45, 7) is 5.42. The molecular weight excluding hydrogens is 424 g/mol. The Kier molecular flexibility index (Phi) is 8.34. The van der Waals surface area contributed by atoms with E-state index in [4.69, 9.17) is 14.2 Å². The van der Waals surface area contributed by atoms with E-state index in [-0.39, 0.29) is 11.6 Å². The van der Waals surface area contributed by atoms with Gasteiger partial charge in [-0.05, 0) is 44.5 Å². The summed E-state index contributed by atoms with van der Waals surface area (Å²) in [4.78, 5) is 25.1. The minimum atomic E-state index is -0.297. The standard InChI is InChI=1S/C23H30N6O4/c1-23(2,32-4)9-10-24-22(30)28-16-5-8-20(25-14-16)29-21-18-7-6-17(33-12-11-31-3)13-19(18)26-15-27-21/h5-8,13-15H,9-12H2,1-4H3,(H2,24,28,30)(H,25,26,27,29). The third kappa shape index (κ3) is 7.26. The lowest BCUT2D eigenvalue weighted by atomic mass is 10.1. The molecule has 0 saturated carbocycles. The number of nitrogens with one attached hydrogen (secondary N) is 3. The van der Waals surface area contributed by atoms with Gasteiger partial charge >= 0.3 is 6.03 Å². The molecule has 0 bridgehead atoms. The fraction of sp³-hybridized carbons (Fsp3) is 0.391. The van der Waals surface area contributed by atoms with E-state index in [2.05, 4.69) is 30.9 Å². The Labute approximate surface area is 193 Å². The van der Waals surface area contributed by atoms with Crippen LogP contribution in [-0.4, -0.2) is 60.6 Å². The first-order valence-corrected chi connectivity index (χ1v) is 10.6. The number of carbonyl (C=O) groups is 1. The molecule has 2 amide bonds. The Morgan fingerprint density at radius 1 is 1.06 bits per heavy atom. The van der Waals surface area contributed by atoms with Crippen molar-refractivity contribution in [1.29, 1.82) is 0 Å². The van der Waals surface area contributed by atoms with E-state index in [0.717, 1.165) is 10.9 Å². The van der Waals surface area contributed by atoms with Gasteiger partial charge in [0, 0.05) is 32.2 Å². The topological polar surface area (TPSA) is 120 Å². The second kappa shape index (κ2) is 11.4. The number of hydrogen-bond acceptors (Lipinski definition) is 8. The Morgan fingerprint density at radius 3 is 2.64 bits per heavy atom. The van der Waals surface area contributed by atoms with Crippen molar-refractivity contribution in [2.75, 3.05) is 44.6 Å². The molecule has 176 valence electrons. The van der Waals surface area contributed by atoms with Crippen molar-refractivity contribution in [2.45, 2.75) is 25.9 Å². The van der Waals surface area contributed by atoms with Crippen LogP contribution in [0.2, 0.25) is 0 Å². The highest BCUT2D eigenvalue weighted by atomic mass is 16.5. The van der Waals surface area contributed by atoms with Crippen molar-refractivity contribution in [1.82, 2.24) is 20.3 Å². The SMILES string of the molecule is COCCOc1ccc2c(Nc3ccc(NC(=O)NCCC(C)(C)OC)cn3)ncnc2c1. The van der Waals surface area contributed by atoms with Gasteiger partial charge in [-0.3, -0.25) is 0 Å². The molecule has 10 heteroatoms. The molecule has 0 fully saturated rings. The van der Waals surface area contributed by atoms with Crippen molar-refractivity contribution in [2.24, 2.45) is 0 Å². The van der Waals surface area contributed by atoms with Gasteiger partial charge in [0.1, 0.15) is 30.3 Å². The van der Waals surface area contributed by atoms with Crippen LogP contribution >= 0.6 is 0 Å². The summed E-state index contributed by atoms with van der Waals surface area (Å²) >= 11 is 0. The lowest BCUT2D eigenvalue weighted by molar-refractivity contribution is 0.0165. The van der Waals surface area contributed by atoms with E-state index in [1.807, 2.05) is 32.0 Å². The minimum absolute atomic E-state index is 0.286. The number of fused-ring (bicyclic) bond motifs is 1. The van der Waals surface area contributed by atoms with Gasteiger partial charge in [0.05, 0.1) is 29.6 Å². The molecule has 0 unspecified atom stereocenters. The number of ether oxygens (including phenoxy) is 3. The van der Waals surface area contributed by atoms with E-state index in [0.29, 0.717) is 49.3 Å². The predicted molar refractivity (Wildman–Crippen MR) is 127 cm³/mol. The van der Waals surface area contributed by atoms with Gasteiger partial charge in [-0.25, -0.2) is 19.7 Å². The highest BCUT2D eigenvalue weighted by Crippen LogP contribution is 2.26. The monoisotopic (exact) mass is 454 g/mol. The number of urea groups is 1. The molecule has 0 aliphatic carbocycles. The Balaban J connectivity index is 1.58. The molecule has 0 radical (unpaired) electrons. The number of rotatable bonds is 11. The third-order valence-electron chi connectivity index (χ3n) is 5.00. The number of amides is 2. The van der Waals surface area contributed by atoms with Gasteiger partial charge in [0.15, 0.2) is 0 Å². The number of anilines is 3. The lowest BCUT2D eigenvalue weighted by Gasteiger charge is -2.22. The summed E-state index contributed by atoms with van der Waals surface area (Å²) in [5.74, 6) is 1.92. The second-order valence-corrected chi connectivity index (χ2v) is 7.89. The van der Waals surface area contributed by atoms with Gasteiger partial charge in [-0.1, -0.05) is 0 Å². The number of methoxy groups -OCH3 is 2. The maximum absolute atomic E-state index is 12.1. The van der Waals surface area contributed by atoms with Gasteiger partial charge in [0.25, 0.3) is 0 Å². The molecule has 1 aromatic carbocycles. The zero-order valence-corrected chi connectivity index (χ0v) is 19.3. The maximum Gasteiger partial charge on any atom is 0.319 e. The van der Waals surface area contributed by atoms with Crippen LogP contribution in [0.25, 0.3) is 10.9 Å². The van der Waals surface area contributed by atoms with Crippen LogP contribution < -0.4 is 20.7 Å². The van der Waals surface area contributed by atoms with Crippen LogP contribution in [-0.2, 0) is 9.47 Å². The third-order valence-corrected chi connectivity index (χ3v) is 5.00. The molecule has 33 heavy (non-hydrogen) atoms. The Bertz CT molecular complexity index is 1060. The van der Waals surface area contributed by atoms with E-state index in [9.17, 15) is 4.79 Å². The quantitative estimate of drug-likeness (QED) is 0.375. The highest BCUT2D eigenvalue weighted by molar-refractivity contribution is 5.91. The number of pyridine rings is 1. The van der Waals surface area contributed by atoms with Crippen LogP contribution in [0, 0.1) is 0 Å². The molecule has 3 rings (SSSR count). The summed E-state index contributed by atoms with van der Waals surface area (Å²) < 4.78 is 16.0. The number of hydrogen-bond donors (Lipinski definition) is 3. The van der Waals surface area contributed by atoms with E-state index in [1.165, 1.54) is 6.33 Å². The first-order chi connectivity index (χ1) is 15.9. The molecule has 0 saturated heterocycles. The fourth-order valence-electron chi connectivity index (χ4n) is 2.89. The van der Waals surface area contributed by atoms with Crippen LogP contribution in [0.3, 0.4) is 0 Å². The lowest BCUT2D eigenvalue weighted by Crippen LogP contribution is -2.34. The van der Waals surface area contributed by atoms with Crippen LogP contribution in [0.1, 0.15) is 20.3 Å². The van der Waals surface area contributed by atoms with Gasteiger partial charge < -0.3 is 30.2 Å². The highest BCUT2D eigenvalue weighted by Gasteiger charge is 2.16. The predicted octanol–water partition coefficient (Wildman–Crippen LogP) is 3.73. The Morgan fingerprint density at radius 2 is 1.91 bits per heavy atom. The maximum atomic E-state index is 12.1. The number of aromatic nitrogens is 3. The summed E-state index contributed by atoms with van der Waals surface area (Å²) in [6.07, 6.45) is 3.76. The van der Waals surface area contributed by atoms with Crippen molar-refractivity contribution >= 4 is 34.3 Å². The first kappa shape index (κ1) is 24.1. The van der Waals surface area contributed by atoms with E-state index in [1.54, 1.807) is 32.5 Å². The van der Waals surface area contributed by atoms with Crippen LogP contribution in [0.4, 0.5) is 22.1 Å². The summed E-state index contributed by atoms with van der Waals surface area (Å²) in [5.41, 5.74) is 1.04. The van der Waals surface area contributed by atoms with Crippen LogP contribution in [0.15, 0.2) is 42.9 Å². The van der Waals surface area contributed by atoms with E-state index < -0.39 is 0 Å². The number of nitrogens with zero attached hydrogens (tertiary/aromatic N) is 3. The fourth-order valence-corrected chi connectivity index (χ4v) is 2.89. The number of benzene rings is 1. The van der Waals surface area contributed by atoms with Crippen molar-refractivity contribution in [3.63, 3.8) is 0 Å². The summed E-state index contributed by atoms with van der Waals surface area (Å²) in [6, 6.07) is 8.84. The number of carbonyl (C=O) groups excluding carboxylic acids is 1. The smallest absolute Gasteiger partial charge is 0.319 e. The molecular formula is C23H30N6O4. The Hall–Kier alpha value is -3.50. The van der Waals surface area contributed by atoms with Crippen molar-refractivity contribution < 1.29 is 19.0 Å². The molecule has 2 heterocycles. The molecule has 0 aliphatic heterocycles. The van der Waals surface area contributed by atoms with Crippen molar-refractivity contribution in [3.8, 4) is 5.75 Å². The molecule has 0 aliphatic rings. The van der Waals surface area contributed by atoms with Gasteiger partial charge in [-0.15, -0.1) is 0 Å². The molecule has 0 spiro atoms. The average molecular weight is 455 g/mol. The van der Waals surface area contributed by atoms with Gasteiger partial charge in [0.2, 0.25) is 0 Å². The zero-order chi connectivity index (χ0) is 23.7. The minimum Gasteiger partial charge on any atom is -0.491 e. The molecule has 3 aromatic rings. The van der Waals surface area contributed by atoms with Crippen molar-refractivity contribution in [3.05, 3.63) is 42.9 Å². The summed E-state index contributed by atoms with van der Waals surface area (Å²) in [5, 5.41) is 9.60. The molecule has 2 aromatic heterocycles. The average Bonchev–Trinajstić information content (AvgIpc) is 2.80. The zero-order valence-electron chi connectivity index (χ0n) is 19.3.